The van der Waals surface area contributed by atoms with Crippen LogP contribution in [0.25, 0.3) is 0 Å². The van der Waals surface area contributed by atoms with E-state index in [9.17, 15) is 9.59 Å². The van der Waals surface area contributed by atoms with E-state index in [1.807, 2.05) is 50.2 Å². The summed E-state index contributed by atoms with van der Waals surface area (Å²) >= 11 is 0. The highest BCUT2D eigenvalue weighted by molar-refractivity contribution is 7.01. The summed E-state index contributed by atoms with van der Waals surface area (Å²) < 4.78 is 16.4. The molecule has 3 rings (SSSR count). The molecule has 1 fully saturated rings. The van der Waals surface area contributed by atoms with Gasteiger partial charge in [-0.2, -0.15) is 0 Å². The number of esters is 2. The van der Waals surface area contributed by atoms with Gasteiger partial charge in [-0.15, -0.1) is 0 Å². The van der Waals surface area contributed by atoms with Crippen LogP contribution in [0.3, 0.4) is 0 Å². The van der Waals surface area contributed by atoms with E-state index in [2.05, 4.69) is 30.8 Å². The minimum absolute atomic E-state index is 0.282. The van der Waals surface area contributed by atoms with Gasteiger partial charge in [-0.3, -0.25) is 9.59 Å². The van der Waals surface area contributed by atoms with Crippen LogP contribution in [0.2, 0.25) is 12.6 Å². The molecule has 6 heteroatoms. The van der Waals surface area contributed by atoms with Crippen LogP contribution >= 0.6 is 0 Å². The van der Waals surface area contributed by atoms with Crippen molar-refractivity contribution in [2.24, 2.45) is 16.7 Å². The largest absolute Gasteiger partial charge is 0.468 e. The summed E-state index contributed by atoms with van der Waals surface area (Å²) in [5.74, 6) is -1.38. The Morgan fingerprint density at radius 1 is 0.875 bits per heavy atom. The molecule has 0 heterocycles. The van der Waals surface area contributed by atoms with Gasteiger partial charge in [-0.05, 0) is 18.4 Å². The van der Waals surface area contributed by atoms with Crippen molar-refractivity contribution in [2.45, 2.75) is 39.0 Å². The molecule has 0 N–H and O–H groups in total. The van der Waals surface area contributed by atoms with Crippen LogP contribution in [-0.2, 0) is 23.8 Å². The van der Waals surface area contributed by atoms with Crippen molar-refractivity contribution in [1.82, 2.24) is 0 Å². The second kappa shape index (κ2) is 9.20. The Morgan fingerprint density at radius 3 is 1.69 bits per heavy atom. The first-order valence-electron chi connectivity index (χ1n) is 11.0. The molecule has 0 unspecified atom stereocenters. The van der Waals surface area contributed by atoms with E-state index in [-0.39, 0.29) is 12.0 Å². The quantitative estimate of drug-likeness (QED) is 0.365. The van der Waals surface area contributed by atoms with Crippen LogP contribution in [0.15, 0.2) is 60.7 Å². The van der Waals surface area contributed by atoms with Gasteiger partial charge in [-0.1, -0.05) is 91.4 Å². The van der Waals surface area contributed by atoms with Crippen molar-refractivity contribution in [3.63, 3.8) is 0 Å². The summed E-state index contributed by atoms with van der Waals surface area (Å²) in [5, 5.41) is 2.52. The molecule has 1 aliphatic carbocycles. The summed E-state index contributed by atoms with van der Waals surface area (Å²) in [4.78, 5) is 26.8. The van der Waals surface area contributed by atoms with Crippen LogP contribution in [0.4, 0.5) is 0 Å². The molecule has 1 aliphatic rings. The molecule has 0 bridgehead atoms. The first-order chi connectivity index (χ1) is 15.2. The zero-order valence-corrected chi connectivity index (χ0v) is 20.9. The number of methoxy groups -OCH3 is 3. The monoisotopic (exact) mass is 454 g/mol. The zero-order valence-electron chi connectivity index (χ0n) is 19.9. The Bertz CT molecular complexity index is 886. The van der Waals surface area contributed by atoms with Gasteiger partial charge in [0.15, 0.2) is 5.41 Å². The van der Waals surface area contributed by atoms with Gasteiger partial charge >= 0.3 is 11.9 Å². The third-order valence-electron chi connectivity index (χ3n) is 7.71. The van der Waals surface area contributed by atoms with Crippen LogP contribution in [0.5, 0.6) is 0 Å². The van der Waals surface area contributed by atoms with E-state index in [1.165, 1.54) is 24.6 Å². The molecule has 2 aromatic rings. The lowest BCUT2D eigenvalue weighted by molar-refractivity contribution is -0.183. The smallest absolute Gasteiger partial charge is 0.324 e. The molecule has 32 heavy (non-hydrogen) atoms. The number of ether oxygens (including phenoxy) is 3. The predicted octanol–water partition coefficient (Wildman–Crippen LogP) is 3.27. The van der Waals surface area contributed by atoms with Gasteiger partial charge in [-0.25, -0.2) is 0 Å². The van der Waals surface area contributed by atoms with Crippen molar-refractivity contribution >= 4 is 30.4 Å². The highest BCUT2D eigenvalue weighted by Gasteiger charge is 2.71. The highest BCUT2D eigenvalue weighted by Crippen LogP contribution is 2.60. The van der Waals surface area contributed by atoms with Gasteiger partial charge in [0.2, 0.25) is 0 Å². The molecule has 0 radical (unpaired) electrons. The fourth-order valence-electron chi connectivity index (χ4n) is 5.91. The number of hydrogen-bond donors (Lipinski definition) is 0. The average Bonchev–Trinajstić information content (AvgIpc) is 3.05. The molecular formula is C26H34O5Si. The van der Waals surface area contributed by atoms with Crippen LogP contribution in [0, 0.1) is 16.7 Å². The van der Waals surface area contributed by atoms with Gasteiger partial charge < -0.3 is 14.2 Å². The maximum Gasteiger partial charge on any atom is 0.324 e. The van der Waals surface area contributed by atoms with Crippen LogP contribution in [-0.4, -0.2) is 47.4 Å². The molecule has 0 aliphatic heterocycles. The number of hydrogen-bond acceptors (Lipinski definition) is 5. The molecule has 5 nitrogen and oxygen atoms in total. The second-order valence-corrected chi connectivity index (χ2v) is 13.7. The fourth-order valence-corrected chi connectivity index (χ4v) is 10.0. The summed E-state index contributed by atoms with van der Waals surface area (Å²) in [6.07, 6.45) is 0.297. The topological polar surface area (TPSA) is 61.8 Å². The Kier molecular flexibility index (Phi) is 6.96. The third kappa shape index (κ3) is 3.59. The van der Waals surface area contributed by atoms with Crippen molar-refractivity contribution in [1.29, 1.82) is 0 Å². The third-order valence-corrected chi connectivity index (χ3v) is 12.2. The van der Waals surface area contributed by atoms with E-state index in [0.717, 1.165) is 0 Å². The van der Waals surface area contributed by atoms with Crippen molar-refractivity contribution < 1.29 is 23.8 Å². The Hall–Kier alpha value is -2.44. The van der Waals surface area contributed by atoms with Crippen molar-refractivity contribution in [3.8, 4) is 0 Å². The Morgan fingerprint density at radius 2 is 1.31 bits per heavy atom. The number of carbonyl (C=O) groups excluding carboxylic acids is 2. The molecule has 2 aromatic carbocycles. The average molecular weight is 455 g/mol. The summed E-state index contributed by atoms with van der Waals surface area (Å²) in [6.45, 7) is 6.14. The predicted molar refractivity (Wildman–Crippen MR) is 128 cm³/mol. The number of rotatable bonds is 7. The molecular weight excluding hydrogens is 420 g/mol. The Labute approximate surface area is 192 Å². The first kappa shape index (κ1) is 24.2. The molecule has 0 spiro atoms. The minimum Gasteiger partial charge on any atom is -0.468 e. The second-order valence-electron chi connectivity index (χ2n) is 9.44. The van der Waals surface area contributed by atoms with Crippen molar-refractivity contribution in [3.05, 3.63) is 60.7 Å². The van der Waals surface area contributed by atoms with E-state index >= 15 is 0 Å². The van der Waals surface area contributed by atoms with Crippen molar-refractivity contribution in [2.75, 3.05) is 21.3 Å². The normalized spacial score (nSPS) is 21.7. The van der Waals surface area contributed by atoms with Gasteiger partial charge in [0.1, 0.15) is 8.07 Å². The lowest BCUT2D eigenvalue weighted by atomic mass is 9.63. The maximum absolute atomic E-state index is 13.4. The highest BCUT2D eigenvalue weighted by atomic mass is 28.3. The summed E-state index contributed by atoms with van der Waals surface area (Å²) in [5.41, 5.74) is -2.25. The Balaban J connectivity index is 2.22. The van der Waals surface area contributed by atoms with Gasteiger partial charge in [0, 0.05) is 12.5 Å². The molecule has 0 amide bonds. The SMILES string of the molecule is COC(=O)C1(C(=O)OC)[C@H](C[Si](C)(c2ccccc2)c2ccccc2)C[C@H](OC)C1(C)C. The molecule has 1 saturated carbocycles. The maximum atomic E-state index is 13.4. The van der Waals surface area contributed by atoms with Gasteiger partial charge in [0.25, 0.3) is 0 Å². The van der Waals surface area contributed by atoms with E-state index in [0.29, 0.717) is 12.5 Å². The number of carbonyl (C=O) groups is 2. The van der Waals surface area contributed by atoms with E-state index in [4.69, 9.17) is 14.2 Å². The summed E-state index contributed by atoms with van der Waals surface area (Å²) in [6, 6.07) is 21.5. The minimum atomic E-state index is -2.35. The number of benzene rings is 2. The summed E-state index contributed by atoms with van der Waals surface area (Å²) in [7, 11) is 1.97. The molecule has 2 atom stereocenters. The van der Waals surface area contributed by atoms with E-state index in [1.54, 1.807) is 7.11 Å². The standard InChI is InChI=1S/C26H34O5Si/c1-25(2)22(29-3)17-19(26(25,23(27)30-4)24(28)31-5)18-32(6,20-13-9-7-10-14-20)21-15-11-8-12-16-21/h7-16,19,22H,17-18H2,1-6H3/t19-,22-/m0/s1. The van der Waals surface area contributed by atoms with E-state index < -0.39 is 30.8 Å². The van der Waals surface area contributed by atoms with Crippen LogP contribution < -0.4 is 10.4 Å². The fraction of sp³-hybridized carbons (Fsp3) is 0.462. The molecule has 0 saturated heterocycles. The molecule has 0 aromatic heterocycles. The van der Waals surface area contributed by atoms with Crippen LogP contribution in [0.1, 0.15) is 20.3 Å². The lowest BCUT2D eigenvalue weighted by Crippen LogP contribution is -2.60. The zero-order chi connectivity index (χ0) is 23.6. The molecule has 172 valence electrons. The lowest BCUT2D eigenvalue weighted by Gasteiger charge is -2.43. The van der Waals surface area contributed by atoms with Gasteiger partial charge in [0.05, 0.1) is 20.3 Å². The first-order valence-corrected chi connectivity index (χ1v) is 13.7.